The van der Waals surface area contributed by atoms with Crippen molar-refractivity contribution in [1.29, 1.82) is 0 Å². The minimum absolute atomic E-state index is 0.00653. The van der Waals surface area contributed by atoms with Crippen LogP contribution in [0.25, 0.3) is 0 Å². The normalized spacial score (nSPS) is 32.7. The summed E-state index contributed by atoms with van der Waals surface area (Å²) in [6.45, 7) is 1.84. The molecule has 0 bridgehead atoms. The third-order valence-electron chi connectivity index (χ3n) is 4.54. The number of aliphatic hydroxyl groups is 1. The Hall–Kier alpha value is -2.27. The van der Waals surface area contributed by atoms with Gasteiger partial charge in [-0.15, -0.1) is 0 Å². The Bertz CT molecular complexity index is 691. The van der Waals surface area contributed by atoms with Gasteiger partial charge < -0.3 is 20.1 Å². The van der Waals surface area contributed by atoms with E-state index < -0.39 is 12.1 Å². The zero-order valence-corrected chi connectivity index (χ0v) is 13.6. The average molecular weight is 330 g/mol. The van der Waals surface area contributed by atoms with Crippen LogP contribution < -0.4 is 0 Å². The number of carbonyl (C=O) groups is 1. The Kier molecular flexibility index (Phi) is 4.62. The second-order valence-electron chi connectivity index (χ2n) is 6.65. The van der Waals surface area contributed by atoms with Gasteiger partial charge in [-0.2, -0.15) is 0 Å². The lowest BCUT2D eigenvalue weighted by molar-refractivity contribution is 0.0306. The van der Waals surface area contributed by atoms with Gasteiger partial charge in [0, 0.05) is 12.5 Å². The Morgan fingerprint density at radius 2 is 1.88 bits per heavy atom. The maximum Gasteiger partial charge on any atom is 0.342 e. The number of phenolic OH excluding ortho intramolecular Hbond substituents is 2. The zero-order valence-electron chi connectivity index (χ0n) is 13.6. The molecule has 1 aliphatic carbocycles. The number of carbonyl (C=O) groups excluding carboxylic acids is 1. The Labute approximate surface area is 140 Å². The van der Waals surface area contributed by atoms with Crippen molar-refractivity contribution >= 4 is 5.97 Å². The van der Waals surface area contributed by atoms with Crippen molar-refractivity contribution in [1.82, 2.24) is 0 Å². The quantitative estimate of drug-likeness (QED) is 0.637. The van der Waals surface area contributed by atoms with E-state index in [9.17, 15) is 20.1 Å². The lowest BCUT2D eigenvalue weighted by atomic mass is 9.99. The summed E-state index contributed by atoms with van der Waals surface area (Å²) in [6.07, 6.45) is 8.30. The molecular formula is C19H22O5. The highest BCUT2D eigenvalue weighted by Gasteiger charge is 2.36. The number of rotatable bonds is 0. The highest BCUT2D eigenvalue weighted by atomic mass is 16.5. The highest BCUT2D eigenvalue weighted by Crippen LogP contribution is 2.43. The summed E-state index contributed by atoms with van der Waals surface area (Å²) in [6, 6.07) is 2.48. The van der Waals surface area contributed by atoms with Crippen molar-refractivity contribution in [3.8, 4) is 11.5 Å². The molecule has 1 saturated carbocycles. The molecule has 128 valence electrons. The number of hydrogen-bond donors (Lipinski definition) is 3. The van der Waals surface area contributed by atoms with Gasteiger partial charge in [0.15, 0.2) is 0 Å². The fourth-order valence-corrected chi connectivity index (χ4v) is 3.25. The minimum Gasteiger partial charge on any atom is -0.508 e. The molecule has 1 aliphatic heterocycles. The molecule has 0 radical (unpaired) electrons. The van der Waals surface area contributed by atoms with E-state index in [1.807, 2.05) is 13.0 Å². The standard InChI is InChI=1S/C19H22O5/c1-11-6-13-7-12(13)4-2-3-5-15(20)8-14-9-16(21)10-17(22)18(14)19(23)24-11/h2-5,9-13,15,20-22H,6-8H2,1H3/b4-2-,5-3+/t11-,12+,13+,15-/m1/s1. The molecule has 5 nitrogen and oxygen atoms in total. The number of aromatic hydroxyl groups is 2. The predicted octanol–water partition coefficient (Wildman–Crippen LogP) is 2.70. The van der Waals surface area contributed by atoms with Crippen LogP contribution in [0.3, 0.4) is 0 Å². The summed E-state index contributed by atoms with van der Waals surface area (Å²) < 4.78 is 5.47. The largest absolute Gasteiger partial charge is 0.508 e. The van der Waals surface area contributed by atoms with Gasteiger partial charge in [-0.05, 0) is 43.2 Å². The van der Waals surface area contributed by atoms with Crippen molar-refractivity contribution < 1.29 is 24.9 Å². The van der Waals surface area contributed by atoms with Crippen LogP contribution >= 0.6 is 0 Å². The molecule has 0 spiro atoms. The van der Waals surface area contributed by atoms with Crippen LogP contribution in [-0.2, 0) is 11.2 Å². The van der Waals surface area contributed by atoms with E-state index in [0.29, 0.717) is 17.4 Å². The number of fused-ring (bicyclic) bond motifs is 2. The first-order chi connectivity index (χ1) is 11.4. The lowest BCUT2D eigenvalue weighted by Gasteiger charge is -2.17. The third kappa shape index (κ3) is 3.79. The number of esters is 1. The molecule has 1 heterocycles. The van der Waals surface area contributed by atoms with Crippen LogP contribution in [0, 0.1) is 11.8 Å². The maximum absolute atomic E-state index is 12.5. The molecule has 0 aromatic heterocycles. The summed E-state index contributed by atoms with van der Waals surface area (Å²) in [7, 11) is 0. The van der Waals surface area contributed by atoms with Crippen LogP contribution in [0.1, 0.15) is 35.7 Å². The van der Waals surface area contributed by atoms with E-state index in [-0.39, 0.29) is 29.6 Å². The van der Waals surface area contributed by atoms with Crippen LogP contribution in [0.5, 0.6) is 11.5 Å². The maximum atomic E-state index is 12.5. The fourth-order valence-electron chi connectivity index (χ4n) is 3.25. The number of aliphatic hydroxyl groups excluding tert-OH is 1. The third-order valence-corrected chi connectivity index (χ3v) is 4.54. The van der Waals surface area contributed by atoms with Crippen molar-refractivity contribution in [2.75, 3.05) is 0 Å². The molecule has 24 heavy (non-hydrogen) atoms. The Morgan fingerprint density at radius 1 is 1.12 bits per heavy atom. The van der Waals surface area contributed by atoms with Crippen LogP contribution in [0.2, 0.25) is 0 Å². The van der Waals surface area contributed by atoms with Gasteiger partial charge >= 0.3 is 5.97 Å². The molecule has 4 atom stereocenters. The van der Waals surface area contributed by atoms with E-state index in [1.165, 1.54) is 6.07 Å². The highest BCUT2D eigenvalue weighted by molar-refractivity contribution is 5.94. The van der Waals surface area contributed by atoms with Crippen LogP contribution in [0.4, 0.5) is 0 Å². The van der Waals surface area contributed by atoms with Crippen molar-refractivity contribution in [3.05, 3.63) is 47.6 Å². The number of benzene rings is 1. The van der Waals surface area contributed by atoms with E-state index in [2.05, 4.69) is 6.08 Å². The summed E-state index contributed by atoms with van der Waals surface area (Å²) >= 11 is 0. The van der Waals surface area contributed by atoms with E-state index in [4.69, 9.17) is 4.74 Å². The first-order valence-corrected chi connectivity index (χ1v) is 8.23. The molecular weight excluding hydrogens is 308 g/mol. The fraction of sp³-hybridized carbons (Fsp3) is 0.421. The van der Waals surface area contributed by atoms with Crippen LogP contribution in [-0.4, -0.2) is 33.5 Å². The van der Waals surface area contributed by atoms with Gasteiger partial charge in [-0.3, -0.25) is 0 Å². The summed E-state index contributed by atoms with van der Waals surface area (Å²) in [4.78, 5) is 12.5. The van der Waals surface area contributed by atoms with Gasteiger partial charge in [0.1, 0.15) is 17.1 Å². The van der Waals surface area contributed by atoms with Crippen molar-refractivity contribution in [2.24, 2.45) is 11.8 Å². The van der Waals surface area contributed by atoms with E-state index >= 15 is 0 Å². The number of ether oxygens (including phenoxy) is 1. The van der Waals surface area contributed by atoms with Crippen molar-refractivity contribution in [2.45, 2.75) is 38.4 Å². The molecule has 5 heteroatoms. The van der Waals surface area contributed by atoms with E-state index in [1.54, 1.807) is 12.2 Å². The lowest BCUT2D eigenvalue weighted by Crippen LogP contribution is -2.19. The second-order valence-corrected chi connectivity index (χ2v) is 6.65. The van der Waals surface area contributed by atoms with Crippen molar-refractivity contribution in [3.63, 3.8) is 0 Å². The Balaban J connectivity index is 1.94. The van der Waals surface area contributed by atoms with Crippen LogP contribution in [0.15, 0.2) is 36.4 Å². The molecule has 3 rings (SSSR count). The monoisotopic (exact) mass is 330 g/mol. The van der Waals surface area contributed by atoms with Gasteiger partial charge in [0.2, 0.25) is 0 Å². The zero-order chi connectivity index (χ0) is 17.3. The molecule has 0 amide bonds. The topological polar surface area (TPSA) is 87.0 Å². The number of phenols is 2. The smallest absolute Gasteiger partial charge is 0.342 e. The minimum atomic E-state index is -0.835. The molecule has 1 aromatic rings. The van der Waals surface area contributed by atoms with Gasteiger partial charge in [-0.1, -0.05) is 24.3 Å². The molecule has 2 aliphatic rings. The first-order valence-electron chi connectivity index (χ1n) is 8.23. The molecule has 1 fully saturated rings. The van der Waals surface area contributed by atoms with E-state index in [0.717, 1.165) is 18.9 Å². The van der Waals surface area contributed by atoms with Gasteiger partial charge in [0.25, 0.3) is 0 Å². The molecule has 0 saturated heterocycles. The SMILES string of the molecule is C[C@@H]1C[C@H]2C[C@@H]2/C=C\C=C\[C@@H](O)Cc2cc(O)cc(O)c2C(=O)O1. The number of hydrogen-bond acceptors (Lipinski definition) is 5. The average Bonchev–Trinajstić information content (AvgIpc) is 3.19. The molecule has 1 aromatic carbocycles. The second kappa shape index (κ2) is 6.69. The predicted molar refractivity (Wildman–Crippen MR) is 88.9 cm³/mol. The summed E-state index contributed by atoms with van der Waals surface area (Å²) in [5.41, 5.74) is 0.360. The molecule has 3 N–H and O–H groups in total. The number of cyclic esters (lactones) is 1. The summed E-state index contributed by atoms with van der Waals surface area (Å²) in [5, 5.41) is 29.9. The van der Waals surface area contributed by atoms with Gasteiger partial charge in [-0.25, -0.2) is 4.79 Å². The number of allylic oxidation sites excluding steroid dienone is 3. The summed E-state index contributed by atoms with van der Waals surface area (Å²) in [5.74, 6) is -0.137. The Morgan fingerprint density at radius 3 is 2.67 bits per heavy atom. The first kappa shape index (κ1) is 16.6. The van der Waals surface area contributed by atoms with Gasteiger partial charge in [0.05, 0.1) is 12.2 Å². The molecule has 0 unspecified atom stereocenters.